The molecule has 1 amide bonds. The number of fused-ring (bicyclic) bond motifs is 1. The van der Waals surface area contributed by atoms with Gasteiger partial charge in [-0.15, -0.1) is 0 Å². The molecule has 0 saturated carbocycles. The summed E-state index contributed by atoms with van der Waals surface area (Å²) in [6.45, 7) is -2.02. The third-order valence-corrected chi connectivity index (χ3v) is 2.83. The summed E-state index contributed by atoms with van der Waals surface area (Å²) >= 11 is 0. The minimum atomic E-state index is -3.15. The van der Waals surface area contributed by atoms with Crippen LogP contribution in [0.2, 0.25) is 0 Å². The molecule has 1 aromatic heterocycles. The fourth-order valence-corrected chi connectivity index (χ4v) is 1.76. The SMILES string of the molecule is NCC(F)(F)CNC(=O)Cn1c(=O)[nH]c2ccccc21. The Labute approximate surface area is 112 Å². The third-order valence-electron chi connectivity index (χ3n) is 2.83. The van der Waals surface area contributed by atoms with Gasteiger partial charge in [-0.3, -0.25) is 9.36 Å². The summed E-state index contributed by atoms with van der Waals surface area (Å²) in [5.41, 5.74) is 5.52. The minimum Gasteiger partial charge on any atom is -0.348 e. The number of carbonyl (C=O) groups excluding carboxylic acids is 1. The van der Waals surface area contributed by atoms with Gasteiger partial charge >= 0.3 is 5.69 Å². The zero-order chi connectivity index (χ0) is 14.8. The lowest BCUT2D eigenvalue weighted by Gasteiger charge is -2.14. The number of imidazole rings is 1. The predicted molar refractivity (Wildman–Crippen MR) is 69.6 cm³/mol. The highest BCUT2D eigenvalue weighted by Gasteiger charge is 2.27. The Morgan fingerprint density at radius 3 is 2.80 bits per heavy atom. The summed E-state index contributed by atoms with van der Waals surface area (Å²) in [4.78, 5) is 25.9. The molecule has 0 fully saturated rings. The topological polar surface area (TPSA) is 92.9 Å². The monoisotopic (exact) mass is 284 g/mol. The Hall–Kier alpha value is -2.22. The molecule has 2 rings (SSSR count). The van der Waals surface area contributed by atoms with Gasteiger partial charge in [0, 0.05) is 0 Å². The van der Waals surface area contributed by atoms with Crippen molar-refractivity contribution in [3.63, 3.8) is 0 Å². The zero-order valence-electron chi connectivity index (χ0n) is 10.5. The Bertz CT molecular complexity index is 677. The molecular weight excluding hydrogens is 270 g/mol. The lowest BCUT2D eigenvalue weighted by Crippen LogP contribution is -2.43. The molecule has 6 nitrogen and oxygen atoms in total. The number of rotatable bonds is 5. The van der Waals surface area contributed by atoms with Crippen molar-refractivity contribution < 1.29 is 13.6 Å². The lowest BCUT2D eigenvalue weighted by atomic mass is 10.3. The number of amides is 1. The van der Waals surface area contributed by atoms with Gasteiger partial charge in [0.15, 0.2) is 0 Å². The quantitative estimate of drug-likeness (QED) is 0.723. The van der Waals surface area contributed by atoms with Crippen molar-refractivity contribution in [3.05, 3.63) is 34.7 Å². The van der Waals surface area contributed by atoms with E-state index in [1.54, 1.807) is 24.3 Å². The van der Waals surface area contributed by atoms with Crippen LogP contribution in [0.4, 0.5) is 8.78 Å². The maximum atomic E-state index is 12.9. The fourth-order valence-electron chi connectivity index (χ4n) is 1.76. The average Bonchev–Trinajstić information content (AvgIpc) is 2.73. The first-order valence-corrected chi connectivity index (χ1v) is 5.95. The molecule has 8 heteroatoms. The molecule has 0 bridgehead atoms. The number of nitrogens with zero attached hydrogens (tertiary/aromatic N) is 1. The van der Waals surface area contributed by atoms with Crippen molar-refractivity contribution in [2.45, 2.75) is 12.5 Å². The molecule has 1 aromatic carbocycles. The van der Waals surface area contributed by atoms with Gasteiger partial charge in [0.2, 0.25) is 5.91 Å². The number of H-pyrrole nitrogens is 1. The van der Waals surface area contributed by atoms with Crippen LogP contribution in [0.5, 0.6) is 0 Å². The van der Waals surface area contributed by atoms with E-state index < -0.39 is 30.6 Å². The number of para-hydroxylation sites is 2. The first-order chi connectivity index (χ1) is 9.43. The van der Waals surface area contributed by atoms with Gasteiger partial charge < -0.3 is 16.0 Å². The number of halogens is 2. The molecule has 0 unspecified atom stereocenters. The van der Waals surface area contributed by atoms with Crippen molar-refractivity contribution in [1.29, 1.82) is 0 Å². The van der Waals surface area contributed by atoms with Crippen LogP contribution < -0.4 is 16.7 Å². The molecule has 0 aliphatic rings. The van der Waals surface area contributed by atoms with Crippen molar-refractivity contribution >= 4 is 16.9 Å². The molecule has 20 heavy (non-hydrogen) atoms. The lowest BCUT2D eigenvalue weighted by molar-refractivity contribution is -0.123. The van der Waals surface area contributed by atoms with Crippen molar-refractivity contribution in [1.82, 2.24) is 14.9 Å². The highest BCUT2D eigenvalue weighted by Crippen LogP contribution is 2.10. The van der Waals surface area contributed by atoms with Gasteiger partial charge in [-0.2, -0.15) is 0 Å². The van der Waals surface area contributed by atoms with E-state index in [-0.39, 0.29) is 6.54 Å². The summed E-state index contributed by atoms with van der Waals surface area (Å²) in [7, 11) is 0. The van der Waals surface area contributed by atoms with Crippen molar-refractivity contribution in [2.24, 2.45) is 5.73 Å². The van der Waals surface area contributed by atoms with Crippen LogP contribution in [0.1, 0.15) is 0 Å². The molecule has 0 radical (unpaired) electrons. The number of hydrogen-bond donors (Lipinski definition) is 3. The smallest absolute Gasteiger partial charge is 0.326 e. The molecule has 2 aromatic rings. The van der Waals surface area contributed by atoms with E-state index in [9.17, 15) is 18.4 Å². The Kier molecular flexibility index (Phi) is 3.84. The van der Waals surface area contributed by atoms with Crippen LogP contribution in [0.25, 0.3) is 11.0 Å². The van der Waals surface area contributed by atoms with Crippen LogP contribution in [-0.4, -0.2) is 34.5 Å². The number of nitrogens with two attached hydrogens (primary N) is 1. The molecule has 0 aliphatic carbocycles. The van der Waals surface area contributed by atoms with Crippen LogP contribution in [-0.2, 0) is 11.3 Å². The van der Waals surface area contributed by atoms with Gasteiger partial charge in [-0.1, -0.05) is 12.1 Å². The van der Waals surface area contributed by atoms with E-state index in [4.69, 9.17) is 5.73 Å². The minimum absolute atomic E-state index is 0.330. The van der Waals surface area contributed by atoms with Crippen LogP contribution in [0.3, 0.4) is 0 Å². The molecule has 0 saturated heterocycles. The third kappa shape index (κ3) is 3.02. The highest BCUT2D eigenvalue weighted by molar-refractivity contribution is 5.80. The van der Waals surface area contributed by atoms with E-state index in [2.05, 4.69) is 10.3 Å². The first-order valence-electron chi connectivity index (χ1n) is 5.95. The van der Waals surface area contributed by atoms with E-state index in [1.807, 2.05) is 0 Å². The molecule has 0 spiro atoms. The molecule has 0 atom stereocenters. The molecule has 108 valence electrons. The summed E-state index contributed by atoms with van der Waals surface area (Å²) in [5.74, 6) is -3.83. The number of nitrogens with one attached hydrogen (secondary N) is 2. The summed E-state index contributed by atoms with van der Waals surface area (Å²) in [5, 5.41) is 2.06. The summed E-state index contributed by atoms with van der Waals surface area (Å²) < 4.78 is 27.0. The number of hydrogen-bond acceptors (Lipinski definition) is 3. The van der Waals surface area contributed by atoms with E-state index in [1.165, 1.54) is 4.57 Å². The zero-order valence-corrected chi connectivity index (χ0v) is 10.5. The molecule has 4 N–H and O–H groups in total. The van der Waals surface area contributed by atoms with Gasteiger partial charge in [-0.05, 0) is 12.1 Å². The average molecular weight is 284 g/mol. The normalized spacial score (nSPS) is 11.8. The molecular formula is C12H14F2N4O2. The van der Waals surface area contributed by atoms with Gasteiger partial charge in [0.1, 0.15) is 6.54 Å². The van der Waals surface area contributed by atoms with E-state index >= 15 is 0 Å². The van der Waals surface area contributed by atoms with Gasteiger partial charge in [0.25, 0.3) is 5.92 Å². The van der Waals surface area contributed by atoms with Crippen LogP contribution >= 0.6 is 0 Å². The van der Waals surface area contributed by atoms with Gasteiger partial charge in [0.05, 0.1) is 24.1 Å². The fraction of sp³-hybridized carbons (Fsp3) is 0.333. The van der Waals surface area contributed by atoms with Gasteiger partial charge in [-0.25, -0.2) is 13.6 Å². The molecule has 1 heterocycles. The number of benzene rings is 1. The van der Waals surface area contributed by atoms with Crippen LogP contribution in [0, 0.1) is 0 Å². The van der Waals surface area contributed by atoms with E-state index in [0.717, 1.165) is 0 Å². The summed E-state index contributed by atoms with van der Waals surface area (Å²) in [6.07, 6.45) is 0. The Morgan fingerprint density at radius 1 is 1.40 bits per heavy atom. The highest BCUT2D eigenvalue weighted by atomic mass is 19.3. The van der Waals surface area contributed by atoms with Crippen molar-refractivity contribution in [2.75, 3.05) is 13.1 Å². The first kappa shape index (κ1) is 14.2. The molecule has 0 aliphatic heterocycles. The maximum absolute atomic E-state index is 12.9. The largest absolute Gasteiger partial charge is 0.348 e. The second-order valence-corrected chi connectivity index (χ2v) is 4.37. The number of aromatic nitrogens is 2. The standard InChI is InChI=1S/C12H14F2N4O2/c13-12(14,6-15)7-16-10(19)5-18-9-4-2-1-3-8(9)17-11(18)20/h1-4H,5-7,15H2,(H,16,19)(H,17,20). The van der Waals surface area contributed by atoms with E-state index in [0.29, 0.717) is 11.0 Å². The second-order valence-electron chi connectivity index (χ2n) is 4.37. The predicted octanol–water partition coefficient (Wildman–Crippen LogP) is 0.0398. The number of aromatic amines is 1. The number of carbonyl (C=O) groups is 1. The number of alkyl halides is 2. The second kappa shape index (κ2) is 5.41. The summed E-state index contributed by atoms with van der Waals surface area (Å²) in [6, 6.07) is 6.81. The maximum Gasteiger partial charge on any atom is 0.326 e. The Morgan fingerprint density at radius 2 is 2.10 bits per heavy atom. The Balaban J connectivity index is 2.11. The van der Waals surface area contributed by atoms with Crippen molar-refractivity contribution in [3.8, 4) is 0 Å². The van der Waals surface area contributed by atoms with Crippen LogP contribution in [0.15, 0.2) is 29.1 Å².